The fourth-order valence-electron chi connectivity index (χ4n) is 1.72. The molecule has 0 aliphatic rings. The van der Waals surface area contributed by atoms with Crippen LogP contribution in [-0.4, -0.2) is 24.4 Å². The van der Waals surface area contributed by atoms with E-state index in [9.17, 15) is 0 Å². The van der Waals surface area contributed by atoms with Gasteiger partial charge in [0.1, 0.15) is 5.75 Å². The second-order valence-electron chi connectivity index (χ2n) is 3.58. The standard InChI is InChI=1S/C11H17NO2/c1-8-5-10(7-12(3)13)6-9(2)11(8)14-4/h5-6,13H,7H2,1-4H3. The molecule has 3 nitrogen and oxygen atoms in total. The normalized spacial score (nSPS) is 10.7. The lowest BCUT2D eigenvalue weighted by molar-refractivity contribution is -0.0731. The Kier molecular flexibility index (Phi) is 3.49. The summed E-state index contributed by atoms with van der Waals surface area (Å²) in [5.74, 6) is 0.925. The molecule has 0 spiro atoms. The number of ether oxygens (including phenoxy) is 1. The van der Waals surface area contributed by atoms with E-state index in [0.29, 0.717) is 6.54 Å². The first-order valence-electron chi connectivity index (χ1n) is 4.58. The summed E-state index contributed by atoms with van der Waals surface area (Å²) in [6.45, 7) is 4.55. The topological polar surface area (TPSA) is 32.7 Å². The summed E-state index contributed by atoms with van der Waals surface area (Å²) in [6.07, 6.45) is 0. The summed E-state index contributed by atoms with van der Waals surface area (Å²) in [7, 11) is 3.31. The number of hydroxylamine groups is 2. The molecule has 1 aromatic carbocycles. The molecule has 0 bridgehead atoms. The van der Waals surface area contributed by atoms with Crippen molar-refractivity contribution in [2.45, 2.75) is 20.4 Å². The van der Waals surface area contributed by atoms with Gasteiger partial charge in [0.15, 0.2) is 0 Å². The third-order valence-electron chi connectivity index (χ3n) is 2.14. The van der Waals surface area contributed by atoms with E-state index in [-0.39, 0.29) is 0 Å². The third kappa shape index (κ3) is 2.47. The van der Waals surface area contributed by atoms with Crippen molar-refractivity contribution in [2.24, 2.45) is 0 Å². The van der Waals surface area contributed by atoms with Crippen LogP contribution in [0.5, 0.6) is 5.75 Å². The number of methoxy groups -OCH3 is 1. The predicted molar refractivity (Wildman–Crippen MR) is 55.7 cm³/mol. The van der Waals surface area contributed by atoms with Crippen LogP contribution in [0.2, 0.25) is 0 Å². The second-order valence-corrected chi connectivity index (χ2v) is 3.58. The SMILES string of the molecule is COc1c(C)cc(CN(C)O)cc1C. The van der Waals surface area contributed by atoms with Gasteiger partial charge in [0, 0.05) is 13.6 Å². The van der Waals surface area contributed by atoms with Gasteiger partial charge in [-0.3, -0.25) is 0 Å². The quantitative estimate of drug-likeness (QED) is 0.750. The maximum absolute atomic E-state index is 9.12. The minimum absolute atomic E-state index is 0.533. The van der Waals surface area contributed by atoms with Crippen molar-refractivity contribution in [1.82, 2.24) is 5.06 Å². The van der Waals surface area contributed by atoms with Crippen LogP contribution in [0.1, 0.15) is 16.7 Å². The van der Waals surface area contributed by atoms with Gasteiger partial charge in [-0.25, -0.2) is 0 Å². The van der Waals surface area contributed by atoms with Gasteiger partial charge in [0.25, 0.3) is 0 Å². The van der Waals surface area contributed by atoms with Crippen molar-refractivity contribution >= 4 is 0 Å². The smallest absolute Gasteiger partial charge is 0.124 e. The van der Waals surface area contributed by atoms with Gasteiger partial charge >= 0.3 is 0 Å². The van der Waals surface area contributed by atoms with Crippen LogP contribution < -0.4 is 4.74 Å². The Morgan fingerprint density at radius 2 is 1.79 bits per heavy atom. The van der Waals surface area contributed by atoms with Gasteiger partial charge in [0.2, 0.25) is 0 Å². The summed E-state index contributed by atoms with van der Waals surface area (Å²) in [4.78, 5) is 0. The molecule has 1 aromatic rings. The Hall–Kier alpha value is -1.06. The third-order valence-corrected chi connectivity index (χ3v) is 2.14. The van der Waals surface area contributed by atoms with E-state index < -0.39 is 0 Å². The Labute approximate surface area is 84.9 Å². The zero-order valence-corrected chi connectivity index (χ0v) is 9.16. The summed E-state index contributed by atoms with van der Waals surface area (Å²) in [5, 5.41) is 10.3. The number of hydrogen-bond donors (Lipinski definition) is 1. The van der Waals surface area contributed by atoms with Crippen LogP contribution in [-0.2, 0) is 6.54 Å². The van der Waals surface area contributed by atoms with E-state index in [4.69, 9.17) is 9.94 Å². The van der Waals surface area contributed by atoms with E-state index >= 15 is 0 Å². The number of hydrogen-bond acceptors (Lipinski definition) is 3. The average Bonchev–Trinajstić information content (AvgIpc) is 2.01. The molecule has 78 valence electrons. The highest BCUT2D eigenvalue weighted by molar-refractivity contribution is 5.43. The highest BCUT2D eigenvalue weighted by Gasteiger charge is 2.05. The number of aryl methyl sites for hydroxylation is 2. The van der Waals surface area contributed by atoms with Crippen molar-refractivity contribution < 1.29 is 9.94 Å². The Morgan fingerprint density at radius 1 is 1.29 bits per heavy atom. The van der Waals surface area contributed by atoms with Gasteiger partial charge in [-0.15, -0.1) is 0 Å². The molecule has 1 rings (SSSR count). The van der Waals surface area contributed by atoms with Crippen LogP contribution in [0.3, 0.4) is 0 Å². The van der Waals surface area contributed by atoms with E-state index in [1.807, 2.05) is 26.0 Å². The van der Waals surface area contributed by atoms with E-state index in [0.717, 1.165) is 22.4 Å². The summed E-state index contributed by atoms with van der Waals surface area (Å²) in [5.41, 5.74) is 3.29. The van der Waals surface area contributed by atoms with Crippen LogP contribution >= 0.6 is 0 Å². The molecule has 0 aliphatic heterocycles. The van der Waals surface area contributed by atoms with Crippen LogP contribution in [0.25, 0.3) is 0 Å². The van der Waals surface area contributed by atoms with Crippen molar-refractivity contribution in [3.63, 3.8) is 0 Å². The van der Waals surface area contributed by atoms with Crippen LogP contribution in [0.4, 0.5) is 0 Å². The molecule has 0 aromatic heterocycles. The predicted octanol–water partition coefficient (Wildman–Crippen LogP) is 2.13. The lowest BCUT2D eigenvalue weighted by Gasteiger charge is -2.13. The molecule has 0 aliphatic carbocycles. The summed E-state index contributed by atoms with van der Waals surface area (Å²) in [6, 6.07) is 4.05. The Bertz CT molecular complexity index is 298. The number of rotatable bonds is 3. The first-order chi connectivity index (χ1) is 6.54. The minimum atomic E-state index is 0.533. The zero-order valence-electron chi connectivity index (χ0n) is 9.16. The summed E-state index contributed by atoms with van der Waals surface area (Å²) >= 11 is 0. The van der Waals surface area contributed by atoms with Crippen molar-refractivity contribution in [3.05, 3.63) is 28.8 Å². The first-order valence-corrected chi connectivity index (χ1v) is 4.58. The maximum atomic E-state index is 9.12. The lowest BCUT2D eigenvalue weighted by atomic mass is 10.1. The number of nitrogens with zero attached hydrogens (tertiary/aromatic N) is 1. The molecule has 0 radical (unpaired) electrons. The van der Waals surface area contributed by atoms with E-state index in [1.165, 1.54) is 5.06 Å². The second kappa shape index (κ2) is 4.44. The molecule has 0 saturated carbocycles. The van der Waals surface area contributed by atoms with Crippen molar-refractivity contribution in [3.8, 4) is 5.75 Å². The molecule has 3 heteroatoms. The van der Waals surface area contributed by atoms with Crippen LogP contribution in [0.15, 0.2) is 12.1 Å². The molecule has 14 heavy (non-hydrogen) atoms. The summed E-state index contributed by atoms with van der Waals surface area (Å²) < 4.78 is 5.26. The van der Waals surface area contributed by atoms with Gasteiger partial charge in [-0.1, -0.05) is 12.1 Å². The van der Waals surface area contributed by atoms with E-state index in [1.54, 1.807) is 14.2 Å². The largest absolute Gasteiger partial charge is 0.496 e. The van der Waals surface area contributed by atoms with Gasteiger partial charge in [-0.2, -0.15) is 5.06 Å². The molecule has 0 amide bonds. The molecule has 0 unspecified atom stereocenters. The average molecular weight is 195 g/mol. The molecule has 0 heterocycles. The fourth-order valence-corrected chi connectivity index (χ4v) is 1.72. The molecular formula is C11H17NO2. The van der Waals surface area contributed by atoms with Crippen molar-refractivity contribution in [2.75, 3.05) is 14.2 Å². The molecule has 0 atom stereocenters. The van der Waals surface area contributed by atoms with Gasteiger partial charge < -0.3 is 9.94 Å². The first kappa shape index (κ1) is 11.0. The Balaban J connectivity index is 3.01. The monoisotopic (exact) mass is 195 g/mol. The molecule has 0 fully saturated rings. The number of benzene rings is 1. The van der Waals surface area contributed by atoms with Crippen molar-refractivity contribution in [1.29, 1.82) is 0 Å². The van der Waals surface area contributed by atoms with Crippen LogP contribution in [0, 0.1) is 13.8 Å². The molecule has 1 N–H and O–H groups in total. The minimum Gasteiger partial charge on any atom is -0.496 e. The fraction of sp³-hybridized carbons (Fsp3) is 0.455. The zero-order chi connectivity index (χ0) is 10.7. The highest BCUT2D eigenvalue weighted by Crippen LogP contribution is 2.24. The Morgan fingerprint density at radius 3 is 2.14 bits per heavy atom. The van der Waals surface area contributed by atoms with Gasteiger partial charge in [-0.05, 0) is 30.5 Å². The molecule has 0 saturated heterocycles. The highest BCUT2D eigenvalue weighted by atomic mass is 16.5. The van der Waals surface area contributed by atoms with E-state index in [2.05, 4.69) is 0 Å². The van der Waals surface area contributed by atoms with Gasteiger partial charge in [0.05, 0.1) is 7.11 Å². The lowest BCUT2D eigenvalue weighted by Crippen LogP contribution is -2.12. The molecular weight excluding hydrogens is 178 g/mol. The maximum Gasteiger partial charge on any atom is 0.124 e.